The van der Waals surface area contributed by atoms with Gasteiger partial charge < -0.3 is 11.1 Å². The van der Waals surface area contributed by atoms with Crippen LogP contribution in [0.1, 0.15) is 15.9 Å². The van der Waals surface area contributed by atoms with E-state index >= 15 is 0 Å². The van der Waals surface area contributed by atoms with Gasteiger partial charge in [-0.1, -0.05) is 29.3 Å². The second kappa shape index (κ2) is 5.10. The number of hydrogen-bond acceptors (Lipinski definition) is 2. The molecule has 0 spiro atoms. The lowest BCUT2D eigenvalue weighted by Crippen LogP contribution is -2.13. The molecule has 2 rings (SSSR count). The monoisotopic (exact) mass is 260 g/mol. The van der Waals surface area contributed by atoms with Crippen LogP contribution < -0.4 is 11.1 Å². The number of halogens is 1. The molecule has 2 aromatic carbocycles. The Balaban J connectivity index is 2.18. The highest BCUT2D eigenvalue weighted by molar-refractivity contribution is 6.31. The van der Waals surface area contributed by atoms with Crippen LogP contribution in [0.15, 0.2) is 42.5 Å². The van der Waals surface area contributed by atoms with Crippen molar-refractivity contribution >= 4 is 28.9 Å². The minimum absolute atomic E-state index is 0.191. The van der Waals surface area contributed by atoms with Gasteiger partial charge in [0, 0.05) is 10.6 Å². The van der Waals surface area contributed by atoms with Crippen LogP contribution in [-0.4, -0.2) is 5.91 Å². The van der Waals surface area contributed by atoms with Gasteiger partial charge in [0.1, 0.15) is 0 Å². The van der Waals surface area contributed by atoms with Gasteiger partial charge in [-0.3, -0.25) is 4.79 Å². The van der Waals surface area contributed by atoms with Crippen LogP contribution in [-0.2, 0) is 0 Å². The number of rotatable bonds is 2. The van der Waals surface area contributed by atoms with Gasteiger partial charge in [0.2, 0.25) is 0 Å². The number of benzene rings is 2. The Labute approximate surface area is 111 Å². The van der Waals surface area contributed by atoms with Gasteiger partial charge in [-0.25, -0.2) is 0 Å². The normalized spacial score (nSPS) is 10.1. The number of carbonyl (C=O) groups is 1. The zero-order valence-electron chi connectivity index (χ0n) is 9.91. The first-order valence-electron chi connectivity index (χ1n) is 5.49. The van der Waals surface area contributed by atoms with Crippen molar-refractivity contribution in [3.63, 3.8) is 0 Å². The molecule has 0 aromatic heterocycles. The molecular weight excluding hydrogens is 248 g/mol. The zero-order chi connectivity index (χ0) is 13.1. The second-order valence-corrected chi connectivity index (χ2v) is 4.49. The van der Waals surface area contributed by atoms with Crippen molar-refractivity contribution in [2.45, 2.75) is 6.92 Å². The van der Waals surface area contributed by atoms with Gasteiger partial charge >= 0.3 is 0 Å². The Kier molecular flexibility index (Phi) is 3.53. The van der Waals surface area contributed by atoms with E-state index in [4.69, 9.17) is 17.3 Å². The maximum Gasteiger partial charge on any atom is 0.255 e. The van der Waals surface area contributed by atoms with E-state index in [9.17, 15) is 4.79 Å². The zero-order valence-corrected chi connectivity index (χ0v) is 10.7. The number of carbonyl (C=O) groups excluding carboxylic acids is 1. The Bertz CT molecular complexity index is 579. The van der Waals surface area contributed by atoms with Gasteiger partial charge in [0.05, 0.1) is 11.4 Å². The van der Waals surface area contributed by atoms with E-state index in [0.717, 1.165) is 5.56 Å². The summed E-state index contributed by atoms with van der Waals surface area (Å²) in [5, 5.41) is 3.29. The van der Waals surface area contributed by atoms with Gasteiger partial charge in [-0.05, 0) is 37.3 Å². The number of nitrogens with two attached hydrogens (primary N) is 1. The van der Waals surface area contributed by atoms with Crippen molar-refractivity contribution < 1.29 is 4.79 Å². The summed E-state index contributed by atoms with van der Waals surface area (Å²) in [4.78, 5) is 12.0. The summed E-state index contributed by atoms with van der Waals surface area (Å²) in [7, 11) is 0. The van der Waals surface area contributed by atoms with Gasteiger partial charge in [0.25, 0.3) is 5.91 Å². The quantitative estimate of drug-likeness (QED) is 0.812. The molecule has 0 aliphatic heterocycles. The van der Waals surface area contributed by atoms with Crippen LogP contribution in [0.4, 0.5) is 11.4 Å². The largest absolute Gasteiger partial charge is 0.397 e. The third kappa shape index (κ3) is 2.81. The van der Waals surface area contributed by atoms with Crippen LogP contribution in [0.2, 0.25) is 5.02 Å². The number of anilines is 2. The maximum absolute atomic E-state index is 12.0. The smallest absolute Gasteiger partial charge is 0.255 e. The van der Waals surface area contributed by atoms with Crippen molar-refractivity contribution in [3.8, 4) is 0 Å². The highest BCUT2D eigenvalue weighted by Crippen LogP contribution is 2.23. The molecule has 0 radical (unpaired) electrons. The van der Waals surface area contributed by atoms with Crippen molar-refractivity contribution in [1.29, 1.82) is 0 Å². The van der Waals surface area contributed by atoms with Gasteiger partial charge in [0.15, 0.2) is 0 Å². The van der Waals surface area contributed by atoms with Crippen LogP contribution in [0.25, 0.3) is 0 Å². The number of nitrogen functional groups attached to an aromatic ring is 1. The predicted molar refractivity (Wildman–Crippen MR) is 75.0 cm³/mol. The first-order chi connectivity index (χ1) is 8.56. The molecule has 3 N–H and O–H groups in total. The lowest BCUT2D eigenvalue weighted by Gasteiger charge is -2.08. The molecule has 2 aromatic rings. The third-order valence-electron chi connectivity index (χ3n) is 2.58. The van der Waals surface area contributed by atoms with Crippen molar-refractivity contribution in [3.05, 3.63) is 58.6 Å². The Morgan fingerprint density at radius 2 is 1.83 bits per heavy atom. The fourth-order valence-corrected chi connectivity index (χ4v) is 1.73. The highest BCUT2D eigenvalue weighted by Gasteiger charge is 2.07. The molecule has 0 aliphatic rings. The Hall–Kier alpha value is -2.00. The van der Waals surface area contributed by atoms with E-state index in [-0.39, 0.29) is 5.91 Å². The first-order valence-corrected chi connectivity index (χ1v) is 5.87. The Morgan fingerprint density at radius 1 is 1.17 bits per heavy atom. The minimum Gasteiger partial charge on any atom is -0.397 e. The molecule has 0 saturated heterocycles. The van der Waals surface area contributed by atoms with Crippen molar-refractivity contribution in [1.82, 2.24) is 0 Å². The van der Waals surface area contributed by atoms with E-state index in [0.29, 0.717) is 22.0 Å². The summed E-state index contributed by atoms with van der Waals surface area (Å²) >= 11 is 5.80. The molecule has 4 heteroatoms. The fourth-order valence-electron chi connectivity index (χ4n) is 1.55. The molecular formula is C14H13ClN2O. The second-order valence-electron chi connectivity index (χ2n) is 4.05. The first kappa shape index (κ1) is 12.5. The molecule has 0 heterocycles. The average molecular weight is 261 g/mol. The van der Waals surface area contributed by atoms with Crippen LogP contribution in [0.5, 0.6) is 0 Å². The molecule has 0 aliphatic carbocycles. The number of amides is 1. The average Bonchev–Trinajstić information content (AvgIpc) is 2.33. The molecule has 1 amide bonds. The van der Waals surface area contributed by atoms with E-state index in [1.54, 1.807) is 30.3 Å². The fraction of sp³-hybridized carbons (Fsp3) is 0.0714. The SMILES string of the molecule is Cc1ccc(C(=O)Nc2ccc(Cl)cc2N)cc1. The highest BCUT2D eigenvalue weighted by atomic mass is 35.5. The number of aryl methyl sites for hydroxylation is 1. The van der Waals surface area contributed by atoms with E-state index in [1.807, 2.05) is 19.1 Å². The van der Waals surface area contributed by atoms with E-state index in [1.165, 1.54) is 0 Å². The third-order valence-corrected chi connectivity index (χ3v) is 2.81. The summed E-state index contributed by atoms with van der Waals surface area (Å²) in [5.74, 6) is -0.191. The van der Waals surface area contributed by atoms with Gasteiger partial charge in [-0.2, -0.15) is 0 Å². The summed E-state index contributed by atoms with van der Waals surface area (Å²) < 4.78 is 0. The van der Waals surface area contributed by atoms with Crippen molar-refractivity contribution in [2.24, 2.45) is 0 Å². The van der Waals surface area contributed by atoms with E-state index in [2.05, 4.69) is 5.32 Å². The topological polar surface area (TPSA) is 55.1 Å². The molecule has 0 unspecified atom stereocenters. The standard InChI is InChI=1S/C14H13ClN2O/c1-9-2-4-10(5-3-9)14(18)17-13-7-6-11(15)8-12(13)16/h2-8H,16H2,1H3,(H,17,18). The minimum atomic E-state index is -0.191. The molecule has 3 nitrogen and oxygen atoms in total. The van der Waals surface area contributed by atoms with Crippen LogP contribution in [0, 0.1) is 6.92 Å². The summed E-state index contributed by atoms with van der Waals surface area (Å²) in [5.41, 5.74) is 8.48. The molecule has 0 atom stereocenters. The lowest BCUT2D eigenvalue weighted by molar-refractivity contribution is 0.102. The Morgan fingerprint density at radius 3 is 2.44 bits per heavy atom. The van der Waals surface area contributed by atoms with Gasteiger partial charge in [-0.15, -0.1) is 0 Å². The molecule has 0 fully saturated rings. The summed E-state index contributed by atoms with van der Waals surface area (Å²) in [6, 6.07) is 12.3. The lowest BCUT2D eigenvalue weighted by atomic mass is 10.1. The molecule has 92 valence electrons. The molecule has 0 saturated carbocycles. The summed E-state index contributed by atoms with van der Waals surface area (Å²) in [6.45, 7) is 1.97. The number of nitrogens with one attached hydrogen (secondary N) is 1. The van der Waals surface area contributed by atoms with Crippen LogP contribution in [0.3, 0.4) is 0 Å². The van der Waals surface area contributed by atoms with Crippen molar-refractivity contribution in [2.75, 3.05) is 11.1 Å². The van der Waals surface area contributed by atoms with E-state index < -0.39 is 0 Å². The number of hydrogen-bond donors (Lipinski definition) is 2. The molecule has 18 heavy (non-hydrogen) atoms. The van der Waals surface area contributed by atoms with Crippen LogP contribution >= 0.6 is 11.6 Å². The summed E-state index contributed by atoms with van der Waals surface area (Å²) in [6.07, 6.45) is 0. The predicted octanol–water partition coefficient (Wildman–Crippen LogP) is 3.48. The molecule has 0 bridgehead atoms. The maximum atomic E-state index is 12.0.